The summed E-state index contributed by atoms with van der Waals surface area (Å²) in [5, 5.41) is 0.945. The Hall–Kier alpha value is -3.43. The normalized spacial score (nSPS) is 14.1. The number of carbonyl (C=O) groups is 1. The number of ether oxygens (including phenoxy) is 1. The number of hydrogen-bond donors (Lipinski definition) is 1. The standard InChI is InChI=1S/C22H20N6O2S/c23-20-7-4-14(13-24-20)16-2-1-3-17(26-16)19(29)12-15-5-6-18-21(25-15)31-22(27-18)28-8-10-30-11-9-28/h1-7,13H,8-12H2,(H2,23,24). The number of pyridine rings is 3. The van der Waals surface area contributed by atoms with Crippen molar-refractivity contribution in [3.05, 3.63) is 60.0 Å². The molecule has 0 unspecified atom stereocenters. The zero-order valence-corrected chi connectivity index (χ0v) is 17.5. The van der Waals surface area contributed by atoms with Crippen LogP contribution in [0.4, 0.5) is 10.9 Å². The third-order valence-electron chi connectivity index (χ3n) is 5.04. The van der Waals surface area contributed by atoms with Gasteiger partial charge in [0.05, 0.1) is 31.0 Å². The molecule has 0 amide bonds. The van der Waals surface area contributed by atoms with Gasteiger partial charge in [0.15, 0.2) is 10.9 Å². The lowest BCUT2D eigenvalue weighted by Gasteiger charge is -2.25. The number of Topliss-reactive ketones (excluding diaryl/α,β-unsaturated/α-hetero) is 1. The molecule has 0 saturated carbocycles. The van der Waals surface area contributed by atoms with Crippen molar-refractivity contribution in [3.8, 4) is 11.3 Å². The zero-order valence-electron chi connectivity index (χ0n) is 16.7. The minimum absolute atomic E-state index is 0.0879. The molecular formula is C22H20N6O2S. The number of hydrogen-bond acceptors (Lipinski definition) is 9. The van der Waals surface area contributed by atoms with Gasteiger partial charge < -0.3 is 15.4 Å². The molecule has 1 saturated heterocycles. The summed E-state index contributed by atoms with van der Waals surface area (Å²) in [5.74, 6) is 0.354. The fraction of sp³-hybridized carbons (Fsp3) is 0.227. The SMILES string of the molecule is Nc1ccc(-c2cccc(C(=O)Cc3ccc4nc(N5CCOCC5)sc4n3)n2)cn1. The van der Waals surface area contributed by atoms with E-state index in [9.17, 15) is 4.79 Å². The largest absolute Gasteiger partial charge is 0.384 e. The van der Waals surface area contributed by atoms with Gasteiger partial charge in [-0.15, -0.1) is 0 Å². The highest BCUT2D eigenvalue weighted by Crippen LogP contribution is 2.28. The van der Waals surface area contributed by atoms with Crippen molar-refractivity contribution in [2.75, 3.05) is 36.9 Å². The molecule has 156 valence electrons. The van der Waals surface area contributed by atoms with E-state index >= 15 is 0 Å². The lowest BCUT2D eigenvalue weighted by atomic mass is 10.1. The molecule has 5 heterocycles. The van der Waals surface area contributed by atoms with Gasteiger partial charge in [0, 0.05) is 24.8 Å². The summed E-state index contributed by atoms with van der Waals surface area (Å²) in [6.45, 7) is 3.08. The molecule has 31 heavy (non-hydrogen) atoms. The van der Waals surface area contributed by atoms with Crippen LogP contribution in [0, 0.1) is 0 Å². The first kappa shape index (κ1) is 19.5. The van der Waals surface area contributed by atoms with Gasteiger partial charge in [0.25, 0.3) is 0 Å². The molecule has 8 nitrogen and oxygen atoms in total. The zero-order chi connectivity index (χ0) is 21.2. The van der Waals surface area contributed by atoms with E-state index in [1.165, 1.54) is 0 Å². The second-order valence-corrected chi connectivity index (χ2v) is 8.16. The Morgan fingerprint density at radius 1 is 1.06 bits per heavy atom. The number of thiazole rings is 1. The quantitative estimate of drug-likeness (QED) is 0.480. The Labute approximate surface area is 182 Å². The van der Waals surface area contributed by atoms with Gasteiger partial charge in [-0.3, -0.25) is 4.79 Å². The second-order valence-electron chi connectivity index (χ2n) is 7.20. The number of aromatic nitrogens is 4. The van der Waals surface area contributed by atoms with Crippen LogP contribution in [-0.2, 0) is 11.2 Å². The molecule has 0 aliphatic carbocycles. The first-order valence-corrected chi connectivity index (χ1v) is 10.8. The molecule has 9 heteroatoms. The van der Waals surface area contributed by atoms with Crippen LogP contribution in [0.25, 0.3) is 21.6 Å². The van der Waals surface area contributed by atoms with Crippen molar-refractivity contribution in [3.63, 3.8) is 0 Å². The van der Waals surface area contributed by atoms with Gasteiger partial charge >= 0.3 is 0 Å². The summed E-state index contributed by atoms with van der Waals surface area (Å²) in [6, 6.07) is 12.7. The van der Waals surface area contributed by atoms with Crippen LogP contribution in [-0.4, -0.2) is 52.0 Å². The number of nitrogen functional groups attached to an aromatic ring is 1. The highest BCUT2D eigenvalue weighted by molar-refractivity contribution is 7.21. The predicted octanol–water partition coefficient (Wildman–Crippen LogP) is 2.99. The number of ketones is 1. The van der Waals surface area contributed by atoms with Crippen LogP contribution in [0.2, 0.25) is 0 Å². The third-order valence-corrected chi connectivity index (χ3v) is 6.07. The highest BCUT2D eigenvalue weighted by Gasteiger charge is 2.17. The van der Waals surface area contributed by atoms with Gasteiger partial charge in [-0.1, -0.05) is 17.4 Å². The fourth-order valence-electron chi connectivity index (χ4n) is 3.39. The second kappa shape index (κ2) is 8.37. The first-order valence-electron chi connectivity index (χ1n) is 9.97. The minimum Gasteiger partial charge on any atom is -0.384 e. The molecule has 5 rings (SSSR count). The number of nitrogens with zero attached hydrogens (tertiary/aromatic N) is 5. The van der Waals surface area contributed by atoms with Gasteiger partial charge in [-0.25, -0.2) is 19.9 Å². The highest BCUT2D eigenvalue weighted by atomic mass is 32.1. The minimum atomic E-state index is -0.0879. The van der Waals surface area contributed by atoms with E-state index in [4.69, 9.17) is 10.5 Å². The Balaban J connectivity index is 1.35. The van der Waals surface area contributed by atoms with E-state index in [0.717, 1.165) is 34.1 Å². The van der Waals surface area contributed by atoms with Crippen LogP contribution < -0.4 is 10.6 Å². The smallest absolute Gasteiger partial charge is 0.188 e. The van der Waals surface area contributed by atoms with Gasteiger partial charge in [-0.2, -0.15) is 0 Å². The summed E-state index contributed by atoms with van der Waals surface area (Å²) < 4.78 is 5.41. The molecule has 1 fully saturated rings. The average molecular weight is 433 g/mol. The van der Waals surface area contributed by atoms with Crippen LogP contribution in [0.5, 0.6) is 0 Å². The van der Waals surface area contributed by atoms with Crippen LogP contribution in [0.3, 0.4) is 0 Å². The van der Waals surface area contributed by atoms with E-state index in [1.54, 1.807) is 29.7 Å². The summed E-state index contributed by atoms with van der Waals surface area (Å²) in [5.41, 5.74) is 9.09. The van der Waals surface area contributed by atoms with Crippen molar-refractivity contribution in [2.45, 2.75) is 6.42 Å². The third kappa shape index (κ3) is 4.23. The maximum atomic E-state index is 12.9. The number of fused-ring (bicyclic) bond motifs is 1. The number of rotatable bonds is 5. The predicted molar refractivity (Wildman–Crippen MR) is 120 cm³/mol. The van der Waals surface area contributed by atoms with Crippen molar-refractivity contribution in [2.24, 2.45) is 0 Å². The van der Waals surface area contributed by atoms with Crippen LogP contribution >= 0.6 is 11.3 Å². The molecule has 1 aliphatic heterocycles. The van der Waals surface area contributed by atoms with Gasteiger partial charge in [0.2, 0.25) is 0 Å². The van der Waals surface area contributed by atoms with E-state index in [-0.39, 0.29) is 12.2 Å². The molecule has 1 aliphatic rings. The summed E-state index contributed by atoms with van der Waals surface area (Å²) in [4.78, 5) is 33.9. The molecule has 2 N–H and O–H groups in total. The van der Waals surface area contributed by atoms with Gasteiger partial charge in [-0.05, 0) is 36.4 Å². The van der Waals surface area contributed by atoms with Crippen LogP contribution in [0.15, 0.2) is 48.7 Å². The lowest BCUT2D eigenvalue weighted by Crippen LogP contribution is -2.36. The topological polar surface area (TPSA) is 107 Å². The number of carbonyl (C=O) groups excluding carboxylic acids is 1. The average Bonchev–Trinajstić information content (AvgIpc) is 3.24. The van der Waals surface area contributed by atoms with Crippen molar-refractivity contribution >= 4 is 38.4 Å². The summed E-state index contributed by atoms with van der Waals surface area (Å²) in [6.07, 6.45) is 1.83. The fourth-order valence-corrected chi connectivity index (χ4v) is 4.40. The maximum absolute atomic E-state index is 12.9. The van der Waals surface area contributed by atoms with E-state index in [0.29, 0.717) is 36.1 Å². The molecule has 0 radical (unpaired) electrons. The van der Waals surface area contributed by atoms with Crippen molar-refractivity contribution in [1.82, 2.24) is 19.9 Å². The molecule has 0 atom stereocenters. The Bertz CT molecular complexity index is 1230. The molecule has 0 bridgehead atoms. The Morgan fingerprint density at radius 2 is 1.94 bits per heavy atom. The number of morpholine rings is 1. The van der Waals surface area contributed by atoms with E-state index < -0.39 is 0 Å². The number of anilines is 2. The summed E-state index contributed by atoms with van der Waals surface area (Å²) >= 11 is 1.55. The monoisotopic (exact) mass is 432 g/mol. The Kier molecular flexibility index (Phi) is 5.27. The van der Waals surface area contributed by atoms with Crippen LogP contribution in [0.1, 0.15) is 16.2 Å². The van der Waals surface area contributed by atoms with Gasteiger partial charge in [0.1, 0.15) is 21.9 Å². The van der Waals surface area contributed by atoms with E-state index in [1.807, 2.05) is 30.3 Å². The molecule has 4 aromatic heterocycles. The van der Waals surface area contributed by atoms with Crippen molar-refractivity contribution < 1.29 is 9.53 Å². The maximum Gasteiger partial charge on any atom is 0.188 e. The number of nitrogens with two attached hydrogens (primary N) is 1. The molecular weight excluding hydrogens is 412 g/mol. The van der Waals surface area contributed by atoms with Crippen molar-refractivity contribution in [1.29, 1.82) is 0 Å². The van der Waals surface area contributed by atoms with E-state index in [2.05, 4.69) is 24.8 Å². The lowest BCUT2D eigenvalue weighted by molar-refractivity contribution is 0.0987. The Morgan fingerprint density at radius 3 is 2.74 bits per heavy atom. The molecule has 0 spiro atoms. The first-order chi connectivity index (χ1) is 15.2. The molecule has 0 aromatic carbocycles. The summed E-state index contributed by atoms with van der Waals surface area (Å²) in [7, 11) is 0. The molecule has 4 aromatic rings.